The average Bonchev–Trinajstić information content (AvgIpc) is 3.29. The number of β-amino-alcohol motifs (C(OH)–C–C–N with tert-alkyl or cyclic N) is 1. The zero-order valence-electron chi connectivity index (χ0n) is 17.9. The van der Waals surface area contributed by atoms with Crippen LogP contribution in [0.1, 0.15) is 35.7 Å². The number of hydrogen-bond donors (Lipinski definition) is 2. The molecule has 8 nitrogen and oxygen atoms in total. The largest absolute Gasteiger partial charge is 0.392 e. The van der Waals surface area contributed by atoms with Crippen LogP contribution in [0.25, 0.3) is 16.8 Å². The Hall–Kier alpha value is -3.10. The zero-order chi connectivity index (χ0) is 21.8. The molecule has 1 aliphatic rings. The fourth-order valence-electron chi connectivity index (χ4n) is 4.00. The zero-order valence-corrected chi connectivity index (χ0v) is 17.9. The number of amides is 1. The number of likely N-dealkylation sites (tertiary alicyclic amines) is 1. The highest BCUT2D eigenvalue weighted by Gasteiger charge is 2.20. The molecule has 2 heterocycles. The Labute approximate surface area is 181 Å². The van der Waals surface area contributed by atoms with E-state index in [2.05, 4.69) is 25.7 Å². The topological polar surface area (TPSA) is 96.2 Å². The van der Waals surface area contributed by atoms with Crippen molar-refractivity contribution in [2.45, 2.75) is 38.8 Å². The first kappa shape index (κ1) is 21.1. The van der Waals surface area contributed by atoms with Gasteiger partial charge in [0.25, 0.3) is 5.91 Å². The number of aliphatic hydroxyl groups is 1. The van der Waals surface area contributed by atoms with Crippen LogP contribution >= 0.6 is 0 Å². The van der Waals surface area contributed by atoms with Gasteiger partial charge in [-0.1, -0.05) is 29.8 Å². The van der Waals surface area contributed by atoms with Crippen LogP contribution in [-0.4, -0.2) is 67.9 Å². The van der Waals surface area contributed by atoms with E-state index in [1.54, 1.807) is 10.7 Å². The Morgan fingerprint density at radius 2 is 2.03 bits per heavy atom. The van der Waals surface area contributed by atoms with Crippen molar-refractivity contribution >= 4 is 5.91 Å². The number of rotatable bonds is 6. The maximum atomic E-state index is 13.1. The summed E-state index contributed by atoms with van der Waals surface area (Å²) in [5, 5.41) is 24.4. The molecule has 1 saturated heterocycles. The van der Waals surface area contributed by atoms with Gasteiger partial charge < -0.3 is 10.4 Å². The van der Waals surface area contributed by atoms with E-state index in [0.29, 0.717) is 18.7 Å². The van der Waals surface area contributed by atoms with Crippen molar-refractivity contribution in [3.05, 3.63) is 59.9 Å². The fourth-order valence-corrected chi connectivity index (χ4v) is 4.00. The molecular weight excluding hydrogens is 392 g/mol. The summed E-state index contributed by atoms with van der Waals surface area (Å²) in [5.74, 6) is -0.145. The Kier molecular flexibility index (Phi) is 6.39. The number of carbonyl (C=O) groups excluding carboxylic acids is 1. The second kappa shape index (κ2) is 9.36. The molecule has 1 unspecified atom stereocenters. The summed E-state index contributed by atoms with van der Waals surface area (Å²) in [7, 11) is 0. The third-order valence-corrected chi connectivity index (χ3v) is 5.57. The summed E-state index contributed by atoms with van der Waals surface area (Å²) >= 11 is 0. The Morgan fingerprint density at radius 3 is 2.74 bits per heavy atom. The third-order valence-electron chi connectivity index (χ3n) is 5.57. The summed E-state index contributed by atoms with van der Waals surface area (Å²) in [6, 6.07) is 13.8. The van der Waals surface area contributed by atoms with Crippen molar-refractivity contribution in [1.29, 1.82) is 0 Å². The molecule has 4 rings (SSSR count). The van der Waals surface area contributed by atoms with Gasteiger partial charge >= 0.3 is 0 Å². The van der Waals surface area contributed by atoms with Crippen molar-refractivity contribution < 1.29 is 9.90 Å². The number of nitrogens with zero attached hydrogens (tertiary/aromatic N) is 5. The Bertz CT molecular complexity index is 1020. The number of aryl methyl sites for hydroxylation is 1. The Balaban J connectivity index is 1.56. The highest BCUT2D eigenvalue weighted by Crippen LogP contribution is 2.24. The quantitative estimate of drug-likeness (QED) is 0.635. The van der Waals surface area contributed by atoms with Crippen LogP contribution in [0.3, 0.4) is 0 Å². The van der Waals surface area contributed by atoms with Gasteiger partial charge in [0, 0.05) is 24.7 Å². The van der Waals surface area contributed by atoms with Crippen molar-refractivity contribution in [3.63, 3.8) is 0 Å². The molecule has 0 saturated carbocycles. The molecule has 0 aliphatic carbocycles. The molecule has 1 aromatic heterocycles. The summed E-state index contributed by atoms with van der Waals surface area (Å²) in [6.45, 7) is 6.35. The second-order valence-corrected chi connectivity index (χ2v) is 8.32. The van der Waals surface area contributed by atoms with E-state index in [4.69, 9.17) is 0 Å². The van der Waals surface area contributed by atoms with Crippen LogP contribution in [-0.2, 0) is 0 Å². The molecule has 1 fully saturated rings. The van der Waals surface area contributed by atoms with Crippen molar-refractivity contribution in [2.75, 3.05) is 19.6 Å². The van der Waals surface area contributed by atoms with Crippen molar-refractivity contribution in [3.8, 4) is 16.8 Å². The van der Waals surface area contributed by atoms with E-state index in [0.717, 1.165) is 36.2 Å². The predicted octanol–water partition coefficient (Wildman–Crippen LogP) is 2.21. The van der Waals surface area contributed by atoms with Crippen LogP contribution in [0.5, 0.6) is 0 Å². The number of hydrogen-bond acceptors (Lipinski definition) is 6. The van der Waals surface area contributed by atoms with Crippen molar-refractivity contribution in [2.24, 2.45) is 0 Å². The minimum atomic E-state index is -0.276. The molecule has 3 aromatic rings. The van der Waals surface area contributed by atoms with Gasteiger partial charge in [0.2, 0.25) is 0 Å². The molecule has 162 valence electrons. The molecule has 2 atom stereocenters. The van der Waals surface area contributed by atoms with Crippen LogP contribution in [0.15, 0.2) is 48.8 Å². The highest BCUT2D eigenvalue weighted by atomic mass is 16.3. The van der Waals surface area contributed by atoms with Gasteiger partial charge in [0.05, 0.1) is 11.8 Å². The van der Waals surface area contributed by atoms with Gasteiger partial charge in [0.15, 0.2) is 0 Å². The van der Waals surface area contributed by atoms with Gasteiger partial charge in [-0.25, -0.2) is 4.68 Å². The number of carbonyl (C=O) groups is 1. The molecule has 31 heavy (non-hydrogen) atoms. The second-order valence-electron chi connectivity index (χ2n) is 8.32. The summed E-state index contributed by atoms with van der Waals surface area (Å²) < 4.78 is 1.55. The number of aromatic nitrogens is 4. The number of nitrogens with one attached hydrogen (secondary N) is 1. The van der Waals surface area contributed by atoms with Crippen molar-refractivity contribution in [1.82, 2.24) is 30.4 Å². The van der Waals surface area contributed by atoms with Crippen LogP contribution in [0.4, 0.5) is 0 Å². The predicted molar refractivity (Wildman–Crippen MR) is 118 cm³/mol. The number of piperidine rings is 1. The lowest BCUT2D eigenvalue weighted by molar-refractivity contribution is 0.0650. The molecule has 1 aliphatic heterocycles. The molecular formula is C23H28N6O2. The first-order valence-electron chi connectivity index (χ1n) is 10.6. The van der Waals surface area contributed by atoms with Gasteiger partial charge in [-0.3, -0.25) is 9.69 Å². The summed E-state index contributed by atoms with van der Waals surface area (Å²) in [5.41, 5.74) is 4.39. The molecule has 8 heteroatoms. The fraction of sp³-hybridized carbons (Fsp3) is 0.391. The lowest BCUT2D eigenvalue weighted by atomic mass is 10.0. The van der Waals surface area contributed by atoms with E-state index in [1.807, 2.05) is 50.2 Å². The summed E-state index contributed by atoms with van der Waals surface area (Å²) in [4.78, 5) is 15.3. The lowest BCUT2D eigenvalue weighted by Gasteiger charge is -2.32. The molecule has 0 spiro atoms. The minimum Gasteiger partial charge on any atom is -0.392 e. The van der Waals surface area contributed by atoms with Gasteiger partial charge in [-0.15, -0.1) is 5.10 Å². The maximum Gasteiger partial charge on any atom is 0.251 e. The maximum absolute atomic E-state index is 13.1. The lowest BCUT2D eigenvalue weighted by Crippen LogP contribution is -2.46. The molecule has 2 N–H and O–H groups in total. The normalized spacial score (nSPS) is 18.0. The number of aliphatic hydroxyl groups excluding tert-OH is 1. The minimum absolute atomic E-state index is 0.0442. The van der Waals surface area contributed by atoms with Gasteiger partial charge in [-0.2, -0.15) is 0 Å². The van der Waals surface area contributed by atoms with Crippen LogP contribution in [0.2, 0.25) is 0 Å². The number of benzene rings is 2. The van der Waals surface area contributed by atoms with E-state index < -0.39 is 0 Å². The first-order chi connectivity index (χ1) is 15.0. The Morgan fingerprint density at radius 1 is 1.23 bits per heavy atom. The van der Waals surface area contributed by atoms with E-state index in [1.165, 1.54) is 11.9 Å². The molecule has 1 amide bonds. The van der Waals surface area contributed by atoms with Crippen LogP contribution in [0, 0.1) is 6.92 Å². The third kappa shape index (κ3) is 5.34. The van der Waals surface area contributed by atoms with Gasteiger partial charge in [-0.05, 0) is 73.0 Å². The molecule has 0 radical (unpaired) electrons. The first-order valence-corrected chi connectivity index (χ1v) is 10.6. The smallest absolute Gasteiger partial charge is 0.251 e. The number of tetrazole rings is 1. The van der Waals surface area contributed by atoms with E-state index in [9.17, 15) is 9.90 Å². The highest BCUT2D eigenvalue weighted by molar-refractivity contribution is 5.96. The standard InChI is InChI=1S/C23H28N6O2/c1-16-5-7-18(8-6-16)19-10-20(12-21(11-19)29-15-24-26-27-29)23(31)25-17(2)13-28-9-3-4-22(30)14-28/h5-8,10-12,15,17,22,30H,3-4,9,13-14H2,1-2H3,(H,25,31)/t17-,22?/m1/s1. The van der Waals surface area contributed by atoms with Gasteiger partial charge in [0.1, 0.15) is 6.33 Å². The van der Waals surface area contributed by atoms with Crippen LogP contribution < -0.4 is 5.32 Å². The van der Waals surface area contributed by atoms with E-state index in [-0.39, 0.29) is 18.1 Å². The molecule has 2 aromatic carbocycles. The SMILES string of the molecule is Cc1ccc(-c2cc(C(=O)N[C@H](C)CN3CCCC(O)C3)cc(-n3cnnn3)c2)cc1. The summed E-state index contributed by atoms with van der Waals surface area (Å²) in [6.07, 6.45) is 3.07. The molecule has 0 bridgehead atoms. The average molecular weight is 421 g/mol. The van der Waals surface area contributed by atoms with E-state index >= 15 is 0 Å². The monoisotopic (exact) mass is 420 g/mol.